The Hall–Kier alpha value is -1.03. The lowest BCUT2D eigenvalue weighted by molar-refractivity contribution is -0.137. The molecule has 0 spiro atoms. The van der Waals surface area contributed by atoms with E-state index >= 15 is 0 Å². The third-order valence-electron chi connectivity index (χ3n) is 1.54. The number of rotatable bonds is 2. The van der Waals surface area contributed by atoms with Crippen LogP contribution in [0.1, 0.15) is 11.1 Å². The molecule has 0 N–H and O–H groups in total. The average molecular weight is 222 g/mol. The van der Waals surface area contributed by atoms with Gasteiger partial charge in [0.2, 0.25) is 0 Å². The number of nitrogens with zero attached hydrogens (tertiary/aromatic N) is 1. The van der Waals surface area contributed by atoms with E-state index in [9.17, 15) is 13.2 Å². The lowest BCUT2D eigenvalue weighted by Crippen LogP contribution is -2.07. The van der Waals surface area contributed by atoms with Gasteiger partial charge >= 0.3 is 6.18 Å². The number of allylic oxidation sites excluding steroid dienone is 1. The Kier molecular flexibility index (Phi) is 3.52. The van der Waals surface area contributed by atoms with Crippen LogP contribution in [0.4, 0.5) is 13.2 Å². The number of halogens is 4. The van der Waals surface area contributed by atoms with Crippen LogP contribution in [-0.2, 0) is 6.18 Å². The largest absolute Gasteiger partial charge is 0.417 e. The lowest BCUT2D eigenvalue weighted by atomic mass is 10.1. The van der Waals surface area contributed by atoms with Crippen LogP contribution in [-0.4, -0.2) is 10.9 Å². The van der Waals surface area contributed by atoms with Gasteiger partial charge in [-0.3, -0.25) is 4.98 Å². The minimum absolute atomic E-state index is 0.0284. The monoisotopic (exact) mass is 221 g/mol. The van der Waals surface area contributed by atoms with Crippen LogP contribution in [0.25, 0.3) is 6.08 Å². The summed E-state index contributed by atoms with van der Waals surface area (Å²) in [5.74, 6) is 0.173. The normalized spacial score (nSPS) is 12.3. The van der Waals surface area contributed by atoms with E-state index in [4.69, 9.17) is 11.6 Å². The molecule has 0 aliphatic rings. The first-order valence-electron chi connectivity index (χ1n) is 3.79. The molecule has 0 saturated heterocycles. The summed E-state index contributed by atoms with van der Waals surface area (Å²) in [6.45, 7) is 0. The smallest absolute Gasteiger partial charge is 0.264 e. The molecular formula is C9H7ClF3N. The van der Waals surface area contributed by atoms with Gasteiger partial charge in [0.15, 0.2) is 0 Å². The Labute approximate surface area is 84.2 Å². The molecule has 0 aromatic carbocycles. The zero-order valence-corrected chi connectivity index (χ0v) is 7.81. The minimum atomic E-state index is -4.35. The van der Waals surface area contributed by atoms with Crippen molar-refractivity contribution in [2.45, 2.75) is 6.18 Å². The van der Waals surface area contributed by atoms with E-state index in [1.807, 2.05) is 0 Å². The lowest BCUT2D eigenvalue weighted by Gasteiger charge is -2.08. The zero-order chi connectivity index (χ0) is 10.6. The SMILES string of the molecule is FC(F)(F)c1ccncc1C=CCCl. The first kappa shape index (κ1) is 11.0. The summed E-state index contributed by atoms with van der Waals surface area (Å²) < 4.78 is 37.1. The topological polar surface area (TPSA) is 12.9 Å². The summed E-state index contributed by atoms with van der Waals surface area (Å²) in [6.07, 6.45) is 0.665. The molecule has 1 aromatic heterocycles. The Morgan fingerprint density at radius 2 is 2.14 bits per heavy atom. The average Bonchev–Trinajstić information content (AvgIpc) is 2.14. The maximum absolute atomic E-state index is 12.4. The Balaban J connectivity index is 3.10. The first-order valence-corrected chi connectivity index (χ1v) is 4.33. The predicted molar refractivity (Wildman–Crippen MR) is 49.0 cm³/mol. The van der Waals surface area contributed by atoms with Crippen LogP contribution in [0.5, 0.6) is 0 Å². The molecule has 0 amide bonds. The highest BCUT2D eigenvalue weighted by molar-refractivity contribution is 6.19. The summed E-state index contributed by atoms with van der Waals surface area (Å²) in [6, 6.07) is 0.938. The molecular weight excluding hydrogens is 215 g/mol. The highest BCUT2D eigenvalue weighted by Crippen LogP contribution is 2.31. The van der Waals surface area contributed by atoms with Crippen molar-refractivity contribution < 1.29 is 13.2 Å². The molecule has 0 atom stereocenters. The second-order valence-corrected chi connectivity index (χ2v) is 2.83. The van der Waals surface area contributed by atoms with Crippen LogP contribution in [0.3, 0.4) is 0 Å². The van der Waals surface area contributed by atoms with Gasteiger partial charge in [0.05, 0.1) is 5.56 Å². The molecule has 1 aromatic rings. The Morgan fingerprint density at radius 3 is 2.71 bits per heavy atom. The van der Waals surface area contributed by atoms with Gasteiger partial charge in [-0.05, 0) is 6.07 Å². The Morgan fingerprint density at radius 1 is 1.43 bits per heavy atom. The molecule has 5 heteroatoms. The van der Waals surface area contributed by atoms with Gasteiger partial charge < -0.3 is 0 Å². The van der Waals surface area contributed by atoms with Gasteiger partial charge in [-0.2, -0.15) is 13.2 Å². The fraction of sp³-hybridized carbons (Fsp3) is 0.222. The molecule has 0 aliphatic heterocycles. The number of pyridine rings is 1. The molecule has 1 nitrogen and oxygen atoms in total. The van der Waals surface area contributed by atoms with E-state index < -0.39 is 11.7 Å². The zero-order valence-electron chi connectivity index (χ0n) is 7.05. The van der Waals surface area contributed by atoms with Crippen molar-refractivity contribution in [3.05, 3.63) is 35.7 Å². The third-order valence-corrected chi connectivity index (χ3v) is 1.72. The molecule has 0 unspecified atom stereocenters. The van der Waals surface area contributed by atoms with Crippen LogP contribution in [0.15, 0.2) is 24.5 Å². The molecule has 0 fully saturated rings. The van der Waals surface area contributed by atoms with E-state index in [0.29, 0.717) is 0 Å². The van der Waals surface area contributed by atoms with Crippen LogP contribution in [0.2, 0.25) is 0 Å². The summed E-state index contributed by atoms with van der Waals surface area (Å²) >= 11 is 5.33. The number of hydrogen-bond donors (Lipinski definition) is 0. The molecule has 0 bridgehead atoms. The van der Waals surface area contributed by atoms with Crippen molar-refractivity contribution in [1.29, 1.82) is 0 Å². The summed E-state index contributed by atoms with van der Waals surface area (Å²) in [4.78, 5) is 3.62. The van der Waals surface area contributed by atoms with Crippen molar-refractivity contribution in [2.24, 2.45) is 0 Å². The summed E-state index contributed by atoms with van der Waals surface area (Å²) in [5, 5.41) is 0. The van der Waals surface area contributed by atoms with Gasteiger partial charge in [0, 0.05) is 23.8 Å². The van der Waals surface area contributed by atoms with Crippen molar-refractivity contribution in [1.82, 2.24) is 4.98 Å². The van der Waals surface area contributed by atoms with E-state index in [-0.39, 0.29) is 11.4 Å². The molecule has 1 rings (SSSR count). The molecule has 1 heterocycles. The quantitative estimate of drug-likeness (QED) is 0.698. The van der Waals surface area contributed by atoms with Crippen molar-refractivity contribution >= 4 is 17.7 Å². The maximum atomic E-state index is 12.4. The van der Waals surface area contributed by atoms with Crippen LogP contribution >= 0.6 is 11.6 Å². The molecule has 14 heavy (non-hydrogen) atoms. The molecule has 0 radical (unpaired) electrons. The van der Waals surface area contributed by atoms with E-state index in [1.165, 1.54) is 12.2 Å². The van der Waals surface area contributed by atoms with Crippen LogP contribution in [0, 0.1) is 0 Å². The maximum Gasteiger partial charge on any atom is 0.417 e. The van der Waals surface area contributed by atoms with Gasteiger partial charge in [-0.25, -0.2) is 0 Å². The van der Waals surface area contributed by atoms with Crippen molar-refractivity contribution in [3.63, 3.8) is 0 Å². The third kappa shape index (κ3) is 2.73. The minimum Gasteiger partial charge on any atom is -0.264 e. The summed E-state index contributed by atoms with van der Waals surface area (Å²) in [7, 11) is 0. The Bertz CT molecular complexity index is 333. The molecule has 76 valence electrons. The van der Waals surface area contributed by atoms with E-state index in [2.05, 4.69) is 4.98 Å². The molecule has 0 aliphatic carbocycles. The highest BCUT2D eigenvalue weighted by atomic mass is 35.5. The highest BCUT2D eigenvalue weighted by Gasteiger charge is 2.32. The van der Waals surface area contributed by atoms with Crippen LogP contribution < -0.4 is 0 Å². The second-order valence-electron chi connectivity index (χ2n) is 2.52. The second kappa shape index (κ2) is 4.46. The fourth-order valence-corrected chi connectivity index (χ4v) is 1.06. The predicted octanol–water partition coefficient (Wildman–Crippen LogP) is 3.35. The van der Waals surface area contributed by atoms with Gasteiger partial charge in [-0.15, -0.1) is 11.6 Å². The van der Waals surface area contributed by atoms with Gasteiger partial charge in [-0.1, -0.05) is 12.2 Å². The molecule has 0 saturated carbocycles. The summed E-state index contributed by atoms with van der Waals surface area (Å²) in [5.41, 5.74) is -0.672. The van der Waals surface area contributed by atoms with E-state index in [0.717, 1.165) is 18.5 Å². The van der Waals surface area contributed by atoms with Gasteiger partial charge in [0.25, 0.3) is 0 Å². The number of hydrogen-bond acceptors (Lipinski definition) is 1. The number of alkyl halides is 4. The van der Waals surface area contributed by atoms with Crippen molar-refractivity contribution in [2.75, 3.05) is 5.88 Å². The number of aromatic nitrogens is 1. The fourth-order valence-electron chi connectivity index (χ4n) is 0.969. The standard InChI is InChI=1S/C9H7ClF3N/c10-4-1-2-7-6-14-5-3-8(7)9(11,12)13/h1-3,5-6H,4H2. The van der Waals surface area contributed by atoms with Crippen molar-refractivity contribution in [3.8, 4) is 0 Å². The first-order chi connectivity index (χ1) is 6.55. The van der Waals surface area contributed by atoms with E-state index in [1.54, 1.807) is 0 Å². The van der Waals surface area contributed by atoms with Gasteiger partial charge in [0.1, 0.15) is 0 Å².